The highest BCUT2D eigenvalue weighted by Crippen LogP contribution is 2.17. The van der Waals surface area contributed by atoms with Gasteiger partial charge < -0.3 is 20.2 Å². The fraction of sp³-hybridized carbons (Fsp3) is 0.154. The fourth-order valence-electron chi connectivity index (χ4n) is 1.55. The molecule has 104 valence electrons. The molecular formula is C13H13N3O4. The number of anilines is 1. The first-order chi connectivity index (χ1) is 9.58. The first kappa shape index (κ1) is 13.6. The lowest BCUT2D eigenvalue weighted by Gasteiger charge is -2.07. The smallest absolute Gasteiger partial charge is 0.255 e. The van der Waals surface area contributed by atoms with E-state index < -0.39 is 11.8 Å². The van der Waals surface area contributed by atoms with Gasteiger partial charge in [-0.3, -0.25) is 9.59 Å². The SMILES string of the molecule is Cc1occc1C(=O)NCC(=O)Nc1ncccc1O. The molecule has 0 saturated carbocycles. The summed E-state index contributed by atoms with van der Waals surface area (Å²) < 4.78 is 5.00. The minimum Gasteiger partial charge on any atom is -0.504 e. The highest BCUT2D eigenvalue weighted by molar-refractivity contribution is 5.99. The van der Waals surface area contributed by atoms with Crippen molar-refractivity contribution in [3.63, 3.8) is 0 Å². The van der Waals surface area contributed by atoms with Crippen LogP contribution in [0.15, 0.2) is 35.1 Å². The quantitative estimate of drug-likeness (QED) is 0.773. The number of hydrogen-bond acceptors (Lipinski definition) is 5. The molecule has 0 radical (unpaired) electrons. The van der Waals surface area contributed by atoms with Gasteiger partial charge in [-0.05, 0) is 25.1 Å². The van der Waals surface area contributed by atoms with Gasteiger partial charge in [0.2, 0.25) is 5.91 Å². The maximum Gasteiger partial charge on any atom is 0.255 e. The third-order valence-corrected chi connectivity index (χ3v) is 2.56. The second-order valence-electron chi connectivity index (χ2n) is 3.99. The molecular weight excluding hydrogens is 262 g/mol. The van der Waals surface area contributed by atoms with E-state index in [0.717, 1.165) is 0 Å². The van der Waals surface area contributed by atoms with Gasteiger partial charge in [-0.25, -0.2) is 4.98 Å². The number of hydrogen-bond donors (Lipinski definition) is 3. The lowest BCUT2D eigenvalue weighted by Crippen LogP contribution is -2.33. The lowest BCUT2D eigenvalue weighted by molar-refractivity contribution is -0.115. The zero-order chi connectivity index (χ0) is 14.5. The summed E-state index contributed by atoms with van der Waals surface area (Å²) in [5, 5.41) is 14.3. The predicted molar refractivity (Wildman–Crippen MR) is 70.3 cm³/mol. The van der Waals surface area contributed by atoms with Crippen molar-refractivity contribution < 1.29 is 19.1 Å². The Morgan fingerprint density at radius 1 is 1.40 bits per heavy atom. The zero-order valence-electron chi connectivity index (χ0n) is 10.7. The predicted octanol–water partition coefficient (Wildman–Crippen LogP) is 1.06. The van der Waals surface area contributed by atoms with E-state index in [9.17, 15) is 14.7 Å². The van der Waals surface area contributed by atoms with Crippen molar-refractivity contribution >= 4 is 17.6 Å². The maximum atomic E-state index is 11.7. The van der Waals surface area contributed by atoms with E-state index >= 15 is 0 Å². The summed E-state index contributed by atoms with van der Waals surface area (Å²) >= 11 is 0. The van der Waals surface area contributed by atoms with Crippen LogP contribution in [-0.4, -0.2) is 28.4 Å². The number of pyridine rings is 1. The minimum absolute atomic E-state index is 0.0474. The number of rotatable bonds is 4. The van der Waals surface area contributed by atoms with Crippen molar-refractivity contribution in [2.75, 3.05) is 11.9 Å². The molecule has 2 rings (SSSR count). The molecule has 0 atom stereocenters. The molecule has 0 spiro atoms. The number of aromatic nitrogens is 1. The Kier molecular flexibility index (Phi) is 3.99. The summed E-state index contributed by atoms with van der Waals surface area (Å²) in [5.74, 6) is -0.514. The minimum atomic E-state index is -0.492. The van der Waals surface area contributed by atoms with Gasteiger partial charge in [0.15, 0.2) is 11.6 Å². The van der Waals surface area contributed by atoms with Crippen LogP contribution in [0.4, 0.5) is 5.82 Å². The molecule has 0 aliphatic heterocycles. The van der Waals surface area contributed by atoms with Gasteiger partial charge in [0.25, 0.3) is 5.91 Å². The normalized spacial score (nSPS) is 10.1. The third-order valence-electron chi connectivity index (χ3n) is 2.56. The van der Waals surface area contributed by atoms with Crippen molar-refractivity contribution in [1.82, 2.24) is 10.3 Å². The number of aryl methyl sites for hydroxylation is 1. The van der Waals surface area contributed by atoms with Crippen LogP contribution in [0, 0.1) is 6.92 Å². The standard InChI is InChI=1S/C13H13N3O4/c1-8-9(4-6-20-8)13(19)15-7-11(18)16-12-10(17)3-2-5-14-12/h2-6,17H,7H2,1H3,(H,15,19)(H,14,16,18). The van der Waals surface area contributed by atoms with Crippen LogP contribution in [0.1, 0.15) is 16.1 Å². The van der Waals surface area contributed by atoms with E-state index in [1.807, 2.05) is 0 Å². The van der Waals surface area contributed by atoms with E-state index in [1.165, 1.54) is 30.7 Å². The number of nitrogens with one attached hydrogen (secondary N) is 2. The number of aromatic hydroxyl groups is 1. The summed E-state index contributed by atoms with van der Waals surface area (Å²) in [6.45, 7) is 1.42. The number of carbonyl (C=O) groups is 2. The Bertz CT molecular complexity index is 636. The molecule has 2 aromatic rings. The van der Waals surface area contributed by atoms with Crippen LogP contribution in [0.25, 0.3) is 0 Å². The van der Waals surface area contributed by atoms with E-state index in [1.54, 1.807) is 6.92 Å². The fourth-order valence-corrected chi connectivity index (χ4v) is 1.55. The summed E-state index contributed by atoms with van der Waals surface area (Å²) in [5.41, 5.74) is 0.374. The van der Waals surface area contributed by atoms with Crippen molar-refractivity contribution in [1.29, 1.82) is 0 Å². The van der Waals surface area contributed by atoms with Crippen LogP contribution in [0.5, 0.6) is 5.75 Å². The summed E-state index contributed by atoms with van der Waals surface area (Å²) in [7, 11) is 0. The Morgan fingerprint density at radius 2 is 2.20 bits per heavy atom. The van der Waals surface area contributed by atoms with Crippen molar-refractivity contribution in [2.45, 2.75) is 6.92 Å². The molecule has 7 heteroatoms. The number of amides is 2. The van der Waals surface area contributed by atoms with E-state index in [2.05, 4.69) is 15.6 Å². The molecule has 7 nitrogen and oxygen atoms in total. The first-order valence-electron chi connectivity index (χ1n) is 5.84. The third kappa shape index (κ3) is 3.14. The second-order valence-corrected chi connectivity index (χ2v) is 3.99. The van der Waals surface area contributed by atoms with Crippen LogP contribution in [0.2, 0.25) is 0 Å². The van der Waals surface area contributed by atoms with Crippen LogP contribution >= 0.6 is 0 Å². The average Bonchev–Trinajstić information content (AvgIpc) is 2.85. The Hall–Kier alpha value is -2.83. The van der Waals surface area contributed by atoms with Gasteiger partial charge in [0, 0.05) is 6.20 Å². The summed E-state index contributed by atoms with van der Waals surface area (Å²) in [6.07, 6.45) is 2.83. The topological polar surface area (TPSA) is 104 Å². The molecule has 2 amide bonds. The molecule has 0 fully saturated rings. The van der Waals surface area contributed by atoms with Crippen LogP contribution in [0.3, 0.4) is 0 Å². The Labute approximate surface area is 114 Å². The monoisotopic (exact) mass is 275 g/mol. The molecule has 2 aromatic heterocycles. The van der Waals surface area contributed by atoms with Crippen LogP contribution in [-0.2, 0) is 4.79 Å². The van der Waals surface area contributed by atoms with Gasteiger partial charge >= 0.3 is 0 Å². The zero-order valence-corrected chi connectivity index (χ0v) is 10.7. The molecule has 0 saturated heterocycles. The lowest BCUT2D eigenvalue weighted by atomic mass is 10.2. The van der Waals surface area contributed by atoms with Gasteiger partial charge in [0.1, 0.15) is 5.76 Å². The van der Waals surface area contributed by atoms with Gasteiger partial charge in [0.05, 0.1) is 18.4 Å². The van der Waals surface area contributed by atoms with Gasteiger partial charge in [-0.1, -0.05) is 0 Å². The average molecular weight is 275 g/mol. The molecule has 3 N–H and O–H groups in total. The highest BCUT2D eigenvalue weighted by Gasteiger charge is 2.13. The molecule has 0 aliphatic carbocycles. The molecule has 0 aromatic carbocycles. The highest BCUT2D eigenvalue weighted by atomic mass is 16.3. The molecule has 0 unspecified atom stereocenters. The Morgan fingerprint density at radius 3 is 2.85 bits per heavy atom. The van der Waals surface area contributed by atoms with Crippen LogP contribution < -0.4 is 10.6 Å². The number of furan rings is 1. The first-order valence-corrected chi connectivity index (χ1v) is 5.84. The van der Waals surface area contributed by atoms with Crippen molar-refractivity contribution in [2.24, 2.45) is 0 Å². The summed E-state index contributed by atoms with van der Waals surface area (Å²) in [6, 6.07) is 4.46. The second kappa shape index (κ2) is 5.87. The van der Waals surface area contributed by atoms with E-state index in [-0.39, 0.29) is 18.1 Å². The van der Waals surface area contributed by atoms with Gasteiger partial charge in [-0.15, -0.1) is 0 Å². The molecule has 0 aliphatic rings. The van der Waals surface area contributed by atoms with Crippen molar-refractivity contribution in [3.05, 3.63) is 42.0 Å². The van der Waals surface area contributed by atoms with E-state index in [4.69, 9.17) is 4.42 Å². The number of nitrogens with zero attached hydrogens (tertiary/aromatic N) is 1. The van der Waals surface area contributed by atoms with E-state index in [0.29, 0.717) is 11.3 Å². The molecule has 0 bridgehead atoms. The van der Waals surface area contributed by atoms with Gasteiger partial charge in [-0.2, -0.15) is 0 Å². The number of carbonyl (C=O) groups excluding carboxylic acids is 2. The maximum absolute atomic E-state index is 11.7. The van der Waals surface area contributed by atoms with Crippen molar-refractivity contribution in [3.8, 4) is 5.75 Å². The Balaban J connectivity index is 1.89. The molecule has 20 heavy (non-hydrogen) atoms. The molecule has 2 heterocycles. The largest absolute Gasteiger partial charge is 0.504 e. The summed E-state index contributed by atoms with van der Waals surface area (Å²) in [4.78, 5) is 27.2.